The number of fused-ring (bicyclic) bond motifs is 1. The highest BCUT2D eigenvalue weighted by Crippen LogP contribution is 2.18. The quantitative estimate of drug-likeness (QED) is 0.448. The summed E-state index contributed by atoms with van der Waals surface area (Å²) in [7, 11) is 1.56. The first-order valence-electron chi connectivity index (χ1n) is 9.31. The molecule has 0 spiro atoms. The van der Waals surface area contributed by atoms with Crippen LogP contribution in [0.15, 0.2) is 66.9 Å². The Bertz CT molecular complexity index is 1120. The first kappa shape index (κ1) is 18.5. The highest BCUT2D eigenvalue weighted by atomic mass is 16.5. The summed E-state index contributed by atoms with van der Waals surface area (Å²) in [6.45, 7) is 0.728. The van der Waals surface area contributed by atoms with Crippen molar-refractivity contribution in [1.82, 2.24) is 15.2 Å². The van der Waals surface area contributed by atoms with Gasteiger partial charge in [0, 0.05) is 29.2 Å². The average Bonchev–Trinajstić information content (AvgIpc) is 3.18. The van der Waals surface area contributed by atoms with E-state index in [2.05, 4.69) is 37.9 Å². The molecule has 0 aliphatic carbocycles. The van der Waals surface area contributed by atoms with Crippen LogP contribution in [0.25, 0.3) is 10.9 Å². The number of benzene rings is 2. The molecule has 4 rings (SSSR count). The van der Waals surface area contributed by atoms with E-state index in [-0.39, 0.29) is 5.91 Å². The van der Waals surface area contributed by atoms with Crippen LogP contribution in [0.4, 0.5) is 11.6 Å². The van der Waals surface area contributed by atoms with Crippen molar-refractivity contribution in [2.45, 2.75) is 6.42 Å². The van der Waals surface area contributed by atoms with Gasteiger partial charge in [0.05, 0.1) is 7.11 Å². The van der Waals surface area contributed by atoms with Crippen molar-refractivity contribution in [1.29, 1.82) is 0 Å². The van der Waals surface area contributed by atoms with Crippen molar-refractivity contribution < 1.29 is 9.53 Å². The largest absolute Gasteiger partial charge is 0.497 e. The third-order valence-electron chi connectivity index (χ3n) is 4.61. The van der Waals surface area contributed by atoms with E-state index in [0.717, 1.165) is 18.5 Å². The summed E-state index contributed by atoms with van der Waals surface area (Å²) < 4.78 is 5.14. The lowest BCUT2D eigenvalue weighted by atomic mass is 10.1. The van der Waals surface area contributed by atoms with Gasteiger partial charge in [-0.2, -0.15) is 0 Å². The van der Waals surface area contributed by atoms with Gasteiger partial charge in [0.25, 0.3) is 5.91 Å². The van der Waals surface area contributed by atoms with Crippen LogP contribution < -0.4 is 15.4 Å². The summed E-state index contributed by atoms with van der Waals surface area (Å²) >= 11 is 0. The molecule has 0 atom stereocenters. The summed E-state index contributed by atoms with van der Waals surface area (Å²) in [6.07, 6.45) is 2.90. The van der Waals surface area contributed by atoms with E-state index in [1.165, 1.54) is 10.9 Å². The van der Waals surface area contributed by atoms with E-state index < -0.39 is 0 Å². The lowest BCUT2D eigenvalue weighted by Crippen LogP contribution is -2.14. The maximum absolute atomic E-state index is 12.3. The number of nitrogens with one attached hydrogen (secondary N) is 3. The number of amides is 1. The number of carbonyl (C=O) groups excluding carboxylic acids is 1. The molecule has 0 saturated heterocycles. The molecule has 0 aliphatic rings. The fourth-order valence-electron chi connectivity index (χ4n) is 3.11. The van der Waals surface area contributed by atoms with E-state index in [9.17, 15) is 4.79 Å². The van der Waals surface area contributed by atoms with E-state index in [1.807, 2.05) is 18.3 Å². The number of ether oxygens (including phenoxy) is 1. The first-order valence-corrected chi connectivity index (χ1v) is 9.31. The Labute approximate surface area is 168 Å². The van der Waals surface area contributed by atoms with Crippen LogP contribution in [0.1, 0.15) is 15.9 Å². The normalized spacial score (nSPS) is 10.7. The minimum Gasteiger partial charge on any atom is -0.497 e. The van der Waals surface area contributed by atoms with Gasteiger partial charge in [-0.25, -0.2) is 0 Å². The Balaban J connectivity index is 1.32. The van der Waals surface area contributed by atoms with E-state index in [0.29, 0.717) is 22.9 Å². The van der Waals surface area contributed by atoms with Gasteiger partial charge in [0.15, 0.2) is 5.82 Å². The number of hydrogen-bond acceptors (Lipinski definition) is 5. The molecule has 4 aromatic rings. The third kappa shape index (κ3) is 4.35. The molecule has 7 heteroatoms. The molecule has 2 aromatic carbocycles. The van der Waals surface area contributed by atoms with E-state index in [4.69, 9.17) is 4.74 Å². The Morgan fingerprint density at radius 1 is 1.03 bits per heavy atom. The topological polar surface area (TPSA) is 91.9 Å². The summed E-state index contributed by atoms with van der Waals surface area (Å²) in [5.74, 6) is 1.40. The average molecular weight is 387 g/mol. The first-order chi connectivity index (χ1) is 14.2. The number of aromatic amines is 1. The lowest BCUT2D eigenvalue weighted by Gasteiger charge is -2.07. The minimum atomic E-state index is -0.266. The number of carbonyl (C=O) groups is 1. The molecule has 7 nitrogen and oxygen atoms in total. The van der Waals surface area contributed by atoms with E-state index in [1.54, 1.807) is 43.5 Å². The molecule has 29 heavy (non-hydrogen) atoms. The maximum atomic E-state index is 12.3. The number of hydrogen-bond donors (Lipinski definition) is 3. The van der Waals surface area contributed by atoms with Crippen molar-refractivity contribution >= 4 is 28.4 Å². The summed E-state index contributed by atoms with van der Waals surface area (Å²) in [6, 6.07) is 18.7. The van der Waals surface area contributed by atoms with Crippen molar-refractivity contribution in [2.24, 2.45) is 0 Å². The van der Waals surface area contributed by atoms with Crippen molar-refractivity contribution in [3.05, 3.63) is 78.0 Å². The Morgan fingerprint density at radius 3 is 2.69 bits per heavy atom. The van der Waals surface area contributed by atoms with Crippen LogP contribution in [0, 0.1) is 0 Å². The second-order valence-electron chi connectivity index (χ2n) is 6.53. The molecule has 146 valence electrons. The summed E-state index contributed by atoms with van der Waals surface area (Å²) in [5, 5.41) is 15.4. The molecule has 2 aromatic heterocycles. The van der Waals surface area contributed by atoms with Crippen LogP contribution in [0.3, 0.4) is 0 Å². The van der Waals surface area contributed by atoms with Crippen molar-refractivity contribution in [3.63, 3.8) is 0 Å². The molecule has 0 radical (unpaired) electrons. The smallest absolute Gasteiger partial charge is 0.256 e. The number of methoxy groups -OCH3 is 1. The predicted octanol–water partition coefficient (Wildman–Crippen LogP) is 3.87. The van der Waals surface area contributed by atoms with Gasteiger partial charge >= 0.3 is 0 Å². The molecule has 0 unspecified atom stereocenters. The molecule has 0 saturated carbocycles. The number of anilines is 2. The highest BCUT2D eigenvalue weighted by Gasteiger charge is 2.08. The van der Waals surface area contributed by atoms with Crippen molar-refractivity contribution in [2.75, 3.05) is 24.3 Å². The zero-order chi connectivity index (χ0) is 20.1. The van der Waals surface area contributed by atoms with Gasteiger partial charge < -0.3 is 20.4 Å². The van der Waals surface area contributed by atoms with Crippen LogP contribution in [0.5, 0.6) is 5.75 Å². The van der Waals surface area contributed by atoms with Crippen LogP contribution in [-0.4, -0.2) is 34.7 Å². The van der Waals surface area contributed by atoms with Gasteiger partial charge in [-0.05, 0) is 48.4 Å². The molecular formula is C22H21N5O2. The molecule has 3 N–H and O–H groups in total. The number of H-pyrrole nitrogens is 1. The molecule has 2 heterocycles. The van der Waals surface area contributed by atoms with Crippen molar-refractivity contribution in [3.8, 4) is 5.75 Å². The van der Waals surface area contributed by atoms with Gasteiger partial charge in [-0.3, -0.25) is 4.79 Å². The van der Waals surface area contributed by atoms with Gasteiger partial charge in [-0.1, -0.05) is 24.3 Å². The molecule has 0 fully saturated rings. The van der Waals surface area contributed by atoms with Crippen LogP contribution in [0.2, 0.25) is 0 Å². The standard InChI is InChI=1S/C22H21N5O2/c1-29-17-6-4-5-15(13-17)22(28)25-21-10-9-20(26-27-21)23-12-11-16-14-24-19-8-3-2-7-18(16)19/h2-10,13-14,24H,11-12H2,1H3,(H,23,26)(H,25,27,28). The fraction of sp³-hybridized carbons (Fsp3) is 0.136. The van der Waals surface area contributed by atoms with Gasteiger partial charge in [0.2, 0.25) is 0 Å². The number of rotatable bonds is 7. The van der Waals surface area contributed by atoms with Gasteiger partial charge in [-0.15, -0.1) is 10.2 Å². The SMILES string of the molecule is COc1cccc(C(=O)Nc2ccc(NCCc3c[nH]c4ccccc34)nn2)c1. The second-order valence-corrected chi connectivity index (χ2v) is 6.53. The van der Waals surface area contributed by atoms with Crippen LogP contribution in [-0.2, 0) is 6.42 Å². The Hall–Kier alpha value is -3.87. The monoisotopic (exact) mass is 387 g/mol. The zero-order valence-electron chi connectivity index (χ0n) is 16.0. The minimum absolute atomic E-state index is 0.266. The lowest BCUT2D eigenvalue weighted by molar-refractivity contribution is 0.102. The number of para-hydroxylation sites is 1. The molecule has 1 amide bonds. The van der Waals surface area contributed by atoms with Gasteiger partial charge in [0.1, 0.15) is 11.6 Å². The molecule has 0 aliphatic heterocycles. The number of aromatic nitrogens is 3. The van der Waals surface area contributed by atoms with E-state index >= 15 is 0 Å². The second kappa shape index (κ2) is 8.43. The molecule has 0 bridgehead atoms. The Morgan fingerprint density at radius 2 is 1.86 bits per heavy atom. The Kier molecular flexibility index (Phi) is 5.38. The summed E-state index contributed by atoms with van der Waals surface area (Å²) in [5.41, 5.74) is 2.88. The zero-order valence-corrected chi connectivity index (χ0v) is 16.0. The van der Waals surface area contributed by atoms with Crippen LogP contribution >= 0.6 is 0 Å². The summed E-state index contributed by atoms with van der Waals surface area (Å²) in [4.78, 5) is 15.6. The molecular weight excluding hydrogens is 366 g/mol. The predicted molar refractivity (Wildman–Crippen MR) is 113 cm³/mol. The highest BCUT2D eigenvalue weighted by molar-refractivity contribution is 6.04. The third-order valence-corrected chi connectivity index (χ3v) is 4.61. The number of nitrogens with zero attached hydrogens (tertiary/aromatic N) is 2. The maximum Gasteiger partial charge on any atom is 0.256 e. The fourth-order valence-corrected chi connectivity index (χ4v) is 3.11.